The second-order valence-electron chi connectivity index (χ2n) is 7.71. The lowest BCUT2D eigenvalue weighted by Gasteiger charge is -2.24. The van der Waals surface area contributed by atoms with Crippen molar-refractivity contribution in [2.75, 3.05) is 20.7 Å². The van der Waals surface area contributed by atoms with E-state index >= 15 is 0 Å². The molecule has 0 aromatic heterocycles. The lowest BCUT2D eigenvalue weighted by Crippen LogP contribution is -2.40. The smallest absolute Gasteiger partial charge is 0.243 e. The molecule has 0 aliphatic carbocycles. The Morgan fingerprint density at radius 3 is 2.25 bits per heavy atom. The first kappa shape index (κ1) is 23.5. The van der Waals surface area contributed by atoms with E-state index in [1.54, 1.807) is 12.1 Å². The van der Waals surface area contributed by atoms with Gasteiger partial charge in [0.2, 0.25) is 15.9 Å². The summed E-state index contributed by atoms with van der Waals surface area (Å²) in [5.41, 5.74) is 4.08. The second kappa shape index (κ2) is 9.97. The maximum absolute atomic E-state index is 12.9. The minimum absolute atomic E-state index is 0.0996. The first-order chi connectivity index (χ1) is 15.2. The van der Waals surface area contributed by atoms with Gasteiger partial charge < -0.3 is 10.1 Å². The Morgan fingerprint density at radius 2 is 1.66 bits per heavy atom. The Morgan fingerprint density at radius 1 is 1.00 bits per heavy atom. The number of hydrogen-bond acceptors (Lipinski definition) is 4. The maximum Gasteiger partial charge on any atom is 0.243 e. The Hall–Kier alpha value is -3.16. The van der Waals surface area contributed by atoms with Crippen LogP contribution in [0.2, 0.25) is 0 Å². The topological polar surface area (TPSA) is 75.7 Å². The van der Waals surface area contributed by atoms with Gasteiger partial charge in [-0.3, -0.25) is 4.79 Å². The predicted octanol–water partition coefficient (Wildman–Crippen LogP) is 3.84. The number of rotatable bonds is 8. The van der Waals surface area contributed by atoms with Crippen molar-refractivity contribution in [3.8, 4) is 5.75 Å². The molecule has 1 atom stereocenters. The van der Waals surface area contributed by atoms with Crippen LogP contribution in [0.4, 0.5) is 0 Å². The van der Waals surface area contributed by atoms with E-state index in [4.69, 9.17) is 4.74 Å². The lowest BCUT2D eigenvalue weighted by atomic mass is 9.94. The van der Waals surface area contributed by atoms with Gasteiger partial charge in [0.1, 0.15) is 5.75 Å². The molecule has 0 fully saturated rings. The Kier molecular flexibility index (Phi) is 7.33. The summed E-state index contributed by atoms with van der Waals surface area (Å²) in [6.45, 7) is 3.72. The fraction of sp³-hybridized carbons (Fsp3) is 0.240. The molecule has 0 aliphatic heterocycles. The van der Waals surface area contributed by atoms with Crippen molar-refractivity contribution < 1.29 is 17.9 Å². The van der Waals surface area contributed by atoms with E-state index in [0.717, 1.165) is 26.6 Å². The predicted molar refractivity (Wildman–Crippen MR) is 125 cm³/mol. The summed E-state index contributed by atoms with van der Waals surface area (Å²) < 4.78 is 31.9. The molecule has 1 N–H and O–H groups in total. The Bertz CT molecular complexity index is 1180. The molecule has 0 unspecified atom stereocenters. The largest absolute Gasteiger partial charge is 0.497 e. The summed E-state index contributed by atoms with van der Waals surface area (Å²) >= 11 is 0. The number of hydrogen-bond donors (Lipinski definition) is 1. The van der Waals surface area contributed by atoms with E-state index < -0.39 is 15.9 Å². The first-order valence-electron chi connectivity index (χ1n) is 10.2. The van der Waals surface area contributed by atoms with Crippen LogP contribution in [0.3, 0.4) is 0 Å². The van der Waals surface area contributed by atoms with Crippen LogP contribution < -0.4 is 10.1 Å². The van der Waals surface area contributed by atoms with E-state index in [0.29, 0.717) is 5.75 Å². The third-order valence-electron chi connectivity index (χ3n) is 5.31. The number of carbonyl (C=O) groups is 1. The second-order valence-corrected chi connectivity index (χ2v) is 9.75. The molecular weight excluding hydrogens is 424 g/mol. The van der Waals surface area contributed by atoms with Crippen LogP contribution >= 0.6 is 0 Å². The number of aryl methyl sites for hydroxylation is 2. The third kappa shape index (κ3) is 5.36. The number of carbonyl (C=O) groups excluding carboxylic acids is 1. The normalized spacial score (nSPS) is 12.4. The third-order valence-corrected chi connectivity index (χ3v) is 7.13. The molecule has 6 nitrogen and oxygen atoms in total. The molecule has 0 aliphatic rings. The number of nitrogens with zero attached hydrogens (tertiary/aromatic N) is 1. The van der Waals surface area contributed by atoms with Gasteiger partial charge in [0.05, 0.1) is 24.6 Å². The molecule has 0 heterocycles. The molecule has 3 rings (SSSR count). The highest BCUT2D eigenvalue weighted by atomic mass is 32.2. The number of nitrogens with one attached hydrogen (secondary N) is 1. The van der Waals surface area contributed by atoms with Crippen LogP contribution in [-0.4, -0.2) is 39.3 Å². The zero-order valence-electron chi connectivity index (χ0n) is 18.7. The quantitative estimate of drug-likeness (QED) is 0.564. The molecule has 32 heavy (non-hydrogen) atoms. The van der Waals surface area contributed by atoms with Gasteiger partial charge in [-0.25, -0.2) is 8.42 Å². The van der Waals surface area contributed by atoms with Gasteiger partial charge in [0.25, 0.3) is 0 Å². The average molecular weight is 453 g/mol. The van der Waals surface area contributed by atoms with Gasteiger partial charge in [-0.1, -0.05) is 54.1 Å². The number of amides is 1. The van der Waals surface area contributed by atoms with Crippen LogP contribution in [0.15, 0.2) is 77.7 Å². The molecular formula is C25H28N2O4S. The van der Waals surface area contributed by atoms with Gasteiger partial charge in [-0.15, -0.1) is 0 Å². The molecule has 0 saturated heterocycles. The molecule has 3 aromatic rings. The summed E-state index contributed by atoms with van der Waals surface area (Å²) in [6.07, 6.45) is 0. The summed E-state index contributed by atoms with van der Waals surface area (Å²) in [5, 5.41) is 3.02. The summed E-state index contributed by atoms with van der Waals surface area (Å²) in [5.74, 6) is 0.168. The van der Waals surface area contributed by atoms with Gasteiger partial charge in [-0.2, -0.15) is 4.31 Å². The fourth-order valence-electron chi connectivity index (χ4n) is 3.56. The standard InChI is InChI=1S/C25H28N2O4S/c1-18-10-15-23(19(2)16-18)25(20-8-6-5-7-9-20)26-24(28)17-27(3)32(29,30)22-13-11-21(31-4)12-14-22/h5-16,25H,17H2,1-4H3,(H,26,28)/t25-/m1/s1. The Balaban J connectivity index is 1.81. The maximum atomic E-state index is 12.9. The summed E-state index contributed by atoms with van der Waals surface area (Å²) in [7, 11) is -0.912. The van der Waals surface area contributed by atoms with Crippen LogP contribution in [-0.2, 0) is 14.8 Å². The molecule has 0 spiro atoms. The average Bonchev–Trinajstić information content (AvgIpc) is 2.78. The van der Waals surface area contributed by atoms with Crippen LogP contribution in [0, 0.1) is 13.8 Å². The van der Waals surface area contributed by atoms with E-state index in [9.17, 15) is 13.2 Å². The molecule has 0 bridgehead atoms. The summed E-state index contributed by atoms with van der Waals surface area (Å²) in [4.78, 5) is 13.0. The highest BCUT2D eigenvalue weighted by molar-refractivity contribution is 7.89. The van der Waals surface area contributed by atoms with Crippen molar-refractivity contribution in [1.29, 1.82) is 0 Å². The monoisotopic (exact) mass is 452 g/mol. The molecule has 0 saturated carbocycles. The van der Waals surface area contributed by atoms with Gasteiger partial charge in [-0.05, 0) is 54.8 Å². The van der Waals surface area contributed by atoms with Crippen molar-refractivity contribution in [2.24, 2.45) is 0 Å². The summed E-state index contributed by atoms with van der Waals surface area (Å²) in [6, 6.07) is 21.4. The highest BCUT2D eigenvalue weighted by Gasteiger charge is 2.25. The Labute approximate surface area is 189 Å². The van der Waals surface area contributed by atoms with E-state index in [1.165, 1.54) is 26.3 Å². The first-order valence-corrected chi connectivity index (χ1v) is 11.7. The zero-order chi connectivity index (χ0) is 23.3. The highest BCUT2D eigenvalue weighted by Crippen LogP contribution is 2.26. The number of methoxy groups -OCH3 is 1. The van der Waals surface area contributed by atoms with E-state index in [-0.39, 0.29) is 17.5 Å². The fourth-order valence-corrected chi connectivity index (χ4v) is 4.68. The van der Waals surface area contributed by atoms with Crippen molar-refractivity contribution in [3.05, 3.63) is 95.1 Å². The lowest BCUT2D eigenvalue weighted by molar-refractivity contribution is -0.121. The van der Waals surface area contributed by atoms with Crippen molar-refractivity contribution >= 4 is 15.9 Å². The van der Waals surface area contributed by atoms with Crippen LogP contribution in [0.1, 0.15) is 28.3 Å². The molecule has 7 heteroatoms. The number of likely N-dealkylation sites (N-methyl/N-ethyl adjacent to an activating group) is 1. The number of benzene rings is 3. The van der Waals surface area contributed by atoms with Gasteiger partial charge in [0.15, 0.2) is 0 Å². The molecule has 3 aromatic carbocycles. The van der Waals surface area contributed by atoms with Crippen LogP contribution in [0.5, 0.6) is 5.75 Å². The molecule has 0 radical (unpaired) electrons. The van der Waals surface area contributed by atoms with Crippen molar-refractivity contribution in [3.63, 3.8) is 0 Å². The number of ether oxygens (including phenoxy) is 1. The van der Waals surface area contributed by atoms with Gasteiger partial charge >= 0.3 is 0 Å². The SMILES string of the molecule is COc1ccc(S(=O)(=O)N(C)CC(=O)N[C@H](c2ccccc2)c2ccc(C)cc2C)cc1. The minimum Gasteiger partial charge on any atom is -0.497 e. The van der Waals surface area contributed by atoms with Crippen molar-refractivity contribution in [1.82, 2.24) is 9.62 Å². The number of sulfonamides is 1. The van der Waals surface area contributed by atoms with Crippen molar-refractivity contribution in [2.45, 2.75) is 24.8 Å². The van der Waals surface area contributed by atoms with E-state index in [2.05, 4.69) is 11.4 Å². The molecule has 1 amide bonds. The van der Waals surface area contributed by atoms with Crippen LogP contribution in [0.25, 0.3) is 0 Å². The van der Waals surface area contributed by atoms with Gasteiger partial charge in [0, 0.05) is 7.05 Å². The minimum atomic E-state index is -3.82. The van der Waals surface area contributed by atoms with E-state index in [1.807, 2.05) is 56.3 Å². The molecule has 168 valence electrons. The zero-order valence-corrected chi connectivity index (χ0v) is 19.5.